The fraction of sp³-hybridized carbons (Fsp3) is 0.625. The number of hydrogen-bond acceptors (Lipinski definition) is 3. The van der Waals surface area contributed by atoms with Crippen molar-refractivity contribution in [3.05, 3.63) is 33.8 Å². The van der Waals surface area contributed by atoms with E-state index in [2.05, 4.69) is 20.8 Å². The third-order valence-electron chi connectivity index (χ3n) is 3.31. The number of aliphatic hydroxyl groups excluding tert-OH is 1. The highest BCUT2D eigenvalue weighted by molar-refractivity contribution is 6.48. The van der Waals surface area contributed by atoms with Crippen LogP contribution in [-0.2, 0) is 10.2 Å². The summed E-state index contributed by atoms with van der Waals surface area (Å²) in [6.45, 7) is 10.1. The van der Waals surface area contributed by atoms with Gasteiger partial charge in [-0.15, -0.1) is 0 Å². The molecule has 0 spiro atoms. The van der Waals surface area contributed by atoms with E-state index in [1.807, 2.05) is 13.1 Å². The van der Waals surface area contributed by atoms with Gasteiger partial charge in [0, 0.05) is 5.56 Å². The maximum absolute atomic E-state index is 11.0. The molecule has 1 radical (unpaired) electrons. The third kappa shape index (κ3) is 5.51. The number of halogens is 2. The molecule has 0 saturated heterocycles. The first kappa shape index (κ1) is 19.9. The van der Waals surface area contributed by atoms with Crippen molar-refractivity contribution in [3.8, 4) is 0 Å². The molecule has 2 unspecified atom stereocenters. The van der Waals surface area contributed by atoms with E-state index in [1.165, 1.54) is 0 Å². The van der Waals surface area contributed by atoms with Crippen molar-refractivity contribution < 1.29 is 14.6 Å². The van der Waals surface area contributed by atoms with Crippen LogP contribution in [0.4, 0.5) is 0 Å². The van der Waals surface area contributed by atoms with Crippen molar-refractivity contribution in [2.75, 3.05) is 0 Å². The number of rotatable bonds is 6. The smallest absolute Gasteiger partial charge is 0.210 e. The van der Waals surface area contributed by atoms with Crippen LogP contribution >= 0.6 is 23.2 Å². The summed E-state index contributed by atoms with van der Waals surface area (Å²) in [6, 6.07) is 4.79. The predicted octanol–water partition coefficient (Wildman–Crippen LogP) is 4.59. The first-order chi connectivity index (χ1) is 9.95. The largest absolute Gasteiger partial charge is 0.387 e. The van der Waals surface area contributed by atoms with Gasteiger partial charge in [0.1, 0.15) is 6.10 Å². The maximum atomic E-state index is 11.0. The Bertz CT molecular complexity index is 503. The molecule has 6 heteroatoms. The minimum absolute atomic E-state index is 0.0613. The zero-order valence-corrected chi connectivity index (χ0v) is 16.3. The van der Waals surface area contributed by atoms with E-state index in [0.29, 0.717) is 22.0 Å². The fourth-order valence-electron chi connectivity index (χ4n) is 2.11. The van der Waals surface area contributed by atoms with Crippen molar-refractivity contribution >= 4 is 32.2 Å². The lowest BCUT2D eigenvalue weighted by Crippen LogP contribution is -2.45. The van der Waals surface area contributed by atoms with Gasteiger partial charge in [0.05, 0.1) is 10.0 Å². The Morgan fingerprint density at radius 1 is 1.18 bits per heavy atom. The molecule has 2 atom stereocenters. The van der Waals surface area contributed by atoms with Gasteiger partial charge in [0.25, 0.3) is 0 Å². The van der Waals surface area contributed by atoms with Gasteiger partial charge in [-0.05, 0) is 43.5 Å². The van der Waals surface area contributed by atoms with Gasteiger partial charge in [-0.3, -0.25) is 0 Å². The number of hydrogen-bond donors (Lipinski definition) is 2. The molecule has 0 aliphatic rings. The van der Waals surface area contributed by atoms with Gasteiger partial charge in [-0.2, -0.15) is 0 Å². The second-order valence-electron chi connectivity index (χ2n) is 6.95. The standard InChI is InChI=1S/C16H25Cl2O3Si/c1-15(2,3)9-8-14(19)16(20,21-22(4)5)11-6-7-12(17)13(18)10-11/h6-7,10,14,19-20H,8-9H2,1-5H3. The van der Waals surface area contributed by atoms with Gasteiger partial charge in [0.2, 0.25) is 14.8 Å². The van der Waals surface area contributed by atoms with Gasteiger partial charge in [-0.1, -0.05) is 50.0 Å². The lowest BCUT2D eigenvalue weighted by Gasteiger charge is -2.36. The van der Waals surface area contributed by atoms with Gasteiger partial charge < -0.3 is 14.6 Å². The number of benzene rings is 1. The zero-order valence-electron chi connectivity index (χ0n) is 13.8. The third-order valence-corrected chi connectivity index (χ3v) is 4.77. The van der Waals surface area contributed by atoms with Gasteiger partial charge >= 0.3 is 0 Å². The highest BCUT2D eigenvalue weighted by atomic mass is 35.5. The van der Waals surface area contributed by atoms with E-state index < -0.39 is 20.9 Å². The summed E-state index contributed by atoms with van der Waals surface area (Å²) in [5.74, 6) is -1.77. The Hall–Kier alpha value is -0.103. The van der Waals surface area contributed by atoms with E-state index in [-0.39, 0.29) is 5.41 Å². The average molecular weight is 364 g/mol. The van der Waals surface area contributed by atoms with Crippen LogP contribution in [0.2, 0.25) is 23.1 Å². The van der Waals surface area contributed by atoms with Crippen LogP contribution < -0.4 is 0 Å². The summed E-state index contributed by atoms with van der Waals surface area (Å²) in [5.41, 5.74) is 0.487. The summed E-state index contributed by atoms with van der Waals surface area (Å²) in [4.78, 5) is 0. The lowest BCUT2D eigenvalue weighted by atomic mass is 9.86. The minimum Gasteiger partial charge on any atom is -0.387 e. The summed E-state index contributed by atoms with van der Waals surface area (Å²) in [5, 5.41) is 22.3. The normalized spacial score (nSPS) is 16.6. The monoisotopic (exact) mass is 363 g/mol. The van der Waals surface area contributed by atoms with Crippen molar-refractivity contribution in [2.24, 2.45) is 5.41 Å². The molecule has 125 valence electrons. The van der Waals surface area contributed by atoms with E-state index >= 15 is 0 Å². The molecule has 1 rings (SSSR count). The van der Waals surface area contributed by atoms with Crippen molar-refractivity contribution in [2.45, 2.75) is 58.6 Å². The molecule has 0 amide bonds. The quantitative estimate of drug-likeness (QED) is 0.573. The Morgan fingerprint density at radius 3 is 2.23 bits per heavy atom. The minimum atomic E-state index is -1.77. The molecular weight excluding hydrogens is 339 g/mol. The average Bonchev–Trinajstić information content (AvgIpc) is 2.37. The van der Waals surface area contributed by atoms with Gasteiger partial charge in [0.15, 0.2) is 0 Å². The molecule has 0 aliphatic heterocycles. The molecular formula is C16H25Cl2O3Si. The highest BCUT2D eigenvalue weighted by Gasteiger charge is 2.40. The Balaban J connectivity index is 3.10. The van der Waals surface area contributed by atoms with Crippen LogP contribution in [0.15, 0.2) is 18.2 Å². The predicted molar refractivity (Wildman–Crippen MR) is 93.6 cm³/mol. The molecule has 2 N–H and O–H groups in total. The summed E-state index contributed by atoms with van der Waals surface area (Å²) < 4.78 is 5.75. The highest BCUT2D eigenvalue weighted by Crippen LogP contribution is 2.35. The zero-order chi connectivity index (χ0) is 17.1. The van der Waals surface area contributed by atoms with Crippen LogP contribution in [-0.4, -0.2) is 25.4 Å². The van der Waals surface area contributed by atoms with Crippen LogP contribution in [0.5, 0.6) is 0 Å². The van der Waals surface area contributed by atoms with E-state index in [4.69, 9.17) is 27.6 Å². The first-order valence-corrected chi connectivity index (χ1v) is 10.5. The van der Waals surface area contributed by atoms with Gasteiger partial charge in [-0.25, -0.2) is 0 Å². The Kier molecular flexibility index (Phi) is 6.93. The van der Waals surface area contributed by atoms with Crippen LogP contribution in [0, 0.1) is 5.41 Å². The Labute approximate surface area is 144 Å². The molecule has 1 aromatic rings. The van der Waals surface area contributed by atoms with Crippen LogP contribution in [0.1, 0.15) is 39.2 Å². The Morgan fingerprint density at radius 2 is 1.77 bits per heavy atom. The molecule has 3 nitrogen and oxygen atoms in total. The first-order valence-electron chi connectivity index (χ1n) is 7.31. The van der Waals surface area contributed by atoms with Crippen molar-refractivity contribution in [3.63, 3.8) is 0 Å². The maximum Gasteiger partial charge on any atom is 0.210 e. The summed E-state index contributed by atoms with van der Waals surface area (Å²) in [6.07, 6.45) is 0.148. The molecule has 0 aromatic heterocycles. The summed E-state index contributed by atoms with van der Waals surface area (Å²) in [7, 11) is -1.24. The van der Waals surface area contributed by atoms with Crippen LogP contribution in [0.25, 0.3) is 0 Å². The topological polar surface area (TPSA) is 49.7 Å². The molecule has 0 saturated carbocycles. The second kappa shape index (κ2) is 7.64. The molecule has 0 aliphatic carbocycles. The van der Waals surface area contributed by atoms with Crippen LogP contribution in [0.3, 0.4) is 0 Å². The SMILES string of the molecule is C[Si](C)OC(O)(c1ccc(Cl)c(Cl)c1)C(O)CCC(C)(C)C. The molecule has 0 fully saturated rings. The number of aliphatic hydroxyl groups is 2. The molecule has 0 bridgehead atoms. The van der Waals surface area contributed by atoms with Crippen molar-refractivity contribution in [1.29, 1.82) is 0 Å². The molecule has 0 heterocycles. The van der Waals surface area contributed by atoms with E-state index in [1.54, 1.807) is 18.2 Å². The molecule has 22 heavy (non-hydrogen) atoms. The van der Waals surface area contributed by atoms with E-state index in [9.17, 15) is 10.2 Å². The lowest BCUT2D eigenvalue weighted by molar-refractivity contribution is -0.220. The fourth-order valence-corrected chi connectivity index (χ4v) is 3.29. The van der Waals surface area contributed by atoms with Crippen molar-refractivity contribution in [1.82, 2.24) is 0 Å². The molecule has 1 aromatic carbocycles. The summed E-state index contributed by atoms with van der Waals surface area (Å²) >= 11 is 12.0. The van der Waals surface area contributed by atoms with E-state index in [0.717, 1.165) is 6.42 Å². The second-order valence-corrected chi connectivity index (χ2v) is 9.79.